The SMILES string of the molecule is CCOc1cc(/C=C(\C#N)C(=O)Nc2ccccc2[N+](=O)[O-])ccc1OCc1ccc(Br)cc1. The van der Waals surface area contributed by atoms with Crippen LogP contribution in [0.25, 0.3) is 6.08 Å². The molecule has 1 N–H and O–H groups in total. The smallest absolute Gasteiger partial charge is 0.292 e. The minimum absolute atomic E-state index is 0.00495. The Morgan fingerprint density at radius 1 is 1.12 bits per heavy atom. The van der Waals surface area contributed by atoms with Crippen LogP contribution in [0.4, 0.5) is 11.4 Å². The first kappa shape index (κ1) is 24.5. The standard InChI is InChI=1S/C25H20BrN3O5/c1-2-33-24-14-18(9-12-23(24)34-16-17-7-10-20(26)11-8-17)13-19(15-27)25(30)28-21-5-3-4-6-22(21)29(31)32/h3-14H,2,16H2,1H3,(H,28,30)/b19-13+. The molecule has 0 aromatic heterocycles. The molecule has 0 atom stereocenters. The summed E-state index contributed by atoms with van der Waals surface area (Å²) in [6.07, 6.45) is 1.38. The summed E-state index contributed by atoms with van der Waals surface area (Å²) >= 11 is 3.40. The molecule has 3 aromatic carbocycles. The van der Waals surface area contributed by atoms with Crippen molar-refractivity contribution in [3.63, 3.8) is 0 Å². The molecular weight excluding hydrogens is 502 g/mol. The fraction of sp³-hybridized carbons (Fsp3) is 0.120. The molecule has 0 aliphatic carbocycles. The Kier molecular flexibility index (Phi) is 8.37. The van der Waals surface area contributed by atoms with Crippen LogP contribution in [0.15, 0.2) is 76.8 Å². The highest BCUT2D eigenvalue weighted by molar-refractivity contribution is 9.10. The van der Waals surface area contributed by atoms with Gasteiger partial charge in [0.25, 0.3) is 11.6 Å². The third kappa shape index (κ3) is 6.43. The van der Waals surface area contributed by atoms with Crippen molar-refractivity contribution in [3.8, 4) is 17.6 Å². The van der Waals surface area contributed by atoms with Crippen LogP contribution < -0.4 is 14.8 Å². The predicted octanol–water partition coefficient (Wildman–Crippen LogP) is 5.88. The molecule has 9 heteroatoms. The average molecular weight is 522 g/mol. The number of carbonyl (C=O) groups excluding carboxylic acids is 1. The molecule has 8 nitrogen and oxygen atoms in total. The Hall–Kier alpha value is -4.16. The molecule has 3 rings (SSSR count). The van der Waals surface area contributed by atoms with E-state index in [-0.39, 0.29) is 16.9 Å². The number of para-hydroxylation sites is 2. The molecule has 0 radical (unpaired) electrons. The van der Waals surface area contributed by atoms with E-state index in [1.54, 1.807) is 24.3 Å². The number of nitrogens with zero attached hydrogens (tertiary/aromatic N) is 2. The molecule has 0 spiro atoms. The molecule has 0 saturated carbocycles. The quantitative estimate of drug-likeness (QED) is 0.162. The van der Waals surface area contributed by atoms with Gasteiger partial charge in [-0.15, -0.1) is 0 Å². The number of nitrogens with one attached hydrogen (secondary N) is 1. The maximum absolute atomic E-state index is 12.6. The number of ether oxygens (including phenoxy) is 2. The third-order valence-electron chi connectivity index (χ3n) is 4.60. The lowest BCUT2D eigenvalue weighted by Crippen LogP contribution is -2.14. The van der Waals surface area contributed by atoms with Crippen LogP contribution >= 0.6 is 15.9 Å². The van der Waals surface area contributed by atoms with Gasteiger partial charge in [-0.05, 0) is 54.5 Å². The van der Waals surface area contributed by atoms with E-state index in [2.05, 4.69) is 21.2 Å². The lowest BCUT2D eigenvalue weighted by molar-refractivity contribution is -0.383. The summed E-state index contributed by atoms with van der Waals surface area (Å²) in [4.78, 5) is 23.2. The zero-order chi connectivity index (χ0) is 24.5. The van der Waals surface area contributed by atoms with Gasteiger partial charge in [0.05, 0.1) is 11.5 Å². The van der Waals surface area contributed by atoms with Gasteiger partial charge in [0.1, 0.15) is 23.9 Å². The van der Waals surface area contributed by atoms with Gasteiger partial charge in [-0.1, -0.05) is 46.3 Å². The van der Waals surface area contributed by atoms with Crippen molar-refractivity contribution in [1.29, 1.82) is 5.26 Å². The highest BCUT2D eigenvalue weighted by Gasteiger charge is 2.17. The summed E-state index contributed by atoms with van der Waals surface area (Å²) in [6.45, 7) is 2.57. The van der Waals surface area contributed by atoms with Crippen LogP contribution in [0.3, 0.4) is 0 Å². The minimum atomic E-state index is -0.759. The van der Waals surface area contributed by atoms with Crippen molar-refractivity contribution in [3.05, 3.63) is 98.0 Å². The maximum atomic E-state index is 12.6. The lowest BCUT2D eigenvalue weighted by atomic mass is 10.1. The van der Waals surface area contributed by atoms with Crippen molar-refractivity contribution in [2.45, 2.75) is 13.5 Å². The van der Waals surface area contributed by atoms with Gasteiger partial charge in [0.2, 0.25) is 0 Å². The number of hydrogen-bond acceptors (Lipinski definition) is 6. The van der Waals surface area contributed by atoms with E-state index in [1.807, 2.05) is 37.3 Å². The fourth-order valence-corrected chi connectivity index (χ4v) is 3.25. The Morgan fingerprint density at radius 3 is 2.53 bits per heavy atom. The summed E-state index contributed by atoms with van der Waals surface area (Å²) in [7, 11) is 0. The van der Waals surface area contributed by atoms with E-state index in [4.69, 9.17) is 9.47 Å². The molecule has 0 heterocycles. The van der Waals surface area contributed by atoms with Crippen LogP contribution in [0, 0.1) is 21.4 Å². The van der Waals surface area contributed by atoms with Gasteiger partial charge in [0.15, 0.2) is 11.5 Å². The third-order valence-corrected chi connectivity index (χ3v) is 5.13. The summed E-state index contributed by atoms with van der Waals surface area (Å²) in [5.74, 6) is 0.222. The van der Waals surface area contributed by atoms with Gasteiger partial charge in [0, 0.05) is 10.5 Å². The minimum Gasteiger partial charge on any atom is -0.490 e. The molecule has 1 amide bonds. The Balaban J connectivity index is 1.80. The highest BCUT2D eigenvalue weighted by atomic mass is 79.9. The zero-order valence-corrected chi connectivity index (χ0v) is 19.7. The summed E-state index contributed by atoms with van der Waals surface area (Å²) in [6, 6.07) is 20.3. The number of carbonyl (C=O) groups is 1. The van der Waals surface area contributed by atoms with E-state index < -0.39 is 10.8 Å². The van der Waals surface area contributed by atoms with Crippen molar-refractivity contribution >= 4 is 39.3 Å². The Morgan fingerprint density at radius 2 is 1.85 bits per heavy atom. The van der Waals surface area contributed by atoms with Gasteiger partial charge in [-0.2, -0.15) is 5.26 Å². The first-order chi connectivity index (χ1) is 16.4. The van der Waals surface area contributed by atoms with Crippen LogP contribution in [0.1, 0.15) is 18.1 Å². The molecule has 0 aliphatic rings. The second kappa shape index (κ2) is 11.6. The highest BCUT2D eigenvalue weighted by Crippen LogP contribution is 2.30. The number of nitro benzene ring substituents is 1. The molecule has 172 valence electrons. The fourth-order valence-electron chi connectivity index (χ4n) is 2.99. The molecule has 0 saturated heterocycles. The van der Waals surface area contributed by atoms with Crippen LogP contribution in [-0.2, 0) is 11.4 Å². The number of anilines is 1. The van der Waals surface area contributed by atoms with Crippen molar-refractivity contribution in [2.75, 3.05) is 11.9 Å². The number of halogens is 1. The lowest BCUT2D eigenvalue weighted by Gasteiger charge is -2.13. The van der Waals surface area contributed by atoms with Gasteiger partial charge in [-0.3, -0.25) is 14.9 Å². The molecule has 0 fully saturated rings. The predicted molar refractivity (Wildman–Crippen MR) is 131 cm³/mol. The molecule has 34 heavy (non-hydrogen) atoms. The van der Waals surface area contributed by atoms with E-state index in [0.29, 0.717) is 30.3 Å². The number of amides is 1. The van der Waals surface area contributed by atoms with Crippen molar-refractivity contribution < 1.29 is 19.2 Å². The summed E-state index contributed by atoms with van der Waals surface area (Å²) in [5.41, 5.74) is 1.04. The molecular formula is C25H20BrN3O5. The average Bonchev–Trinajstić information content (AvgIpc) is 2.83. The Bertz CT molecular complexity index is 1270. The van der Waals surface area contributed by atoms with Crippen molar-refractivity contribution in [1.82, 2.24) is 0 Å². The second-order valence-corrected chi connectivity index (χ2v) is 7.87. The summed E-state index contributed by atoms with van der Waals surface area (Å²) in [5, 5.41) is 23.1. The van der Waals surface area contributed by atoms with Crippen LogP contribution in [-0.4, -0.2) is 17.4 Å². The van der Waals surface area contributed by atoms with Crippen LogP contribution in [0.5, 0.6) is 11.5 Å². The number of nitro groups is 1. The van der Waals surface area contributed by atoms with E-state index in [9.17, 15) is 20.2 Å². The number of rotatable bonds is 9. The van der Waals surface area contributed by atoms with Gasteiger partial charge < -0.3 is 14.8 Å². The van der Waals surface area contributed by atoms with E-state index >= 15 is 0 Å². The van der Waals surface area contributed by atoms with E-state index in [1.165, 1.54) is 24.3 Å². The Labute approximate surface area is 204 Å². The summed E-state index contributed by atoms with van der Waals surface area (Å²) < 4.78 is 12.5. The maximum Gasteiger partial charge on any atom is 0.292 e. The number of nitriles is 1. The van der Waals surface area contributed by atoms with E-state index in [0.717, 1.165) is 10.0 Å². The zero-order valence-electron chi connectivity index (χ0n) is 18.2. The largest absolute Gasteiger partial charge is 0.490 e. The van der Waals surface area contributed by atoms with Gasteiger partial charge in [-0.25, -0.2) is 0 Å². The topological polar surface area (TPSA) is 114 Å². The normalized spacial score (nSPS) is 10.8. The molecule has 3 aromatic rings. The first-order valence-corrected chi connectivity index (χ1v) is 11.0. The van der Waals surface area contributed by atoms with Gasteiger partial charge >= 0.3 is 0 Å². The number of benzene rings is 3. The van der Waals surface area contributed by atoms with Crippen LogP contribution in [0.2, 0.25) is 0 Å². The molecule has 0 bridgehead atoms. The molecule has 0 aliphatic heterocycles. The molecule has 0 unspecified atom stereocenters. The first-order valence-electron chi connectivity index (χ1n) is 10.2. The number of hydrogen-bond donors (Lipinski definition) is 1. The van der Waals surface area contributed by atoms with Crippen molar-refractivity contribution in [2.24, 2.45) is 0 Å². The monoisotopic (exact) mass is 521 g/mol. The second-order valence-electron chi connectivity index (χ2n) is 6.95.